The summed E-state index contributed by atoms with van der Waals surface area (Å²) in [6, 6.07) is 0. The summed E-state index contributed by atoms with van der Waals surface area (Å²) in [5.74, 6) is 0. The molecule has 0 bridgehead atoms. The molecule has 44 valence electrons. The Morgan fingerprint density at radius 1 is 1.88 bits per heavy atom. The molecule has 2 heteroatoms. The van der Waals surface area contributed by atoms with Gasteiger partial charge in [-0.3, -0.25) is 4.99 Å². The molecular weight excluding hydrogens is 100 g/mol. The fraction of sp³-hybridized carbons (Fsp3) is 0.500. The normalized spacial score (nSPS) is 27.8. The number of hydrogen-bond acceptors (Lipinski definition) is 2. The highest BCUT2D eigenvalue weighted by Crippen LogP contribution is 2.05. The minimum atomic E-state index is 0.0139. The van der Waals surface area contributed by atoms with E-state index < -0.39 is 0 Å². The lowest BCUT2D eigenvalue weighted by atomic mass is 10.1. The van der Waals surface area contributed by atoms with Crippen LogP contribution in [0.2, 0.25) is 0 Å². The van der Waals surface area contributed by atoms with Gasteiger partial charge in [0.1, 0.15) is 6.17 Å². The van der Waals surface area contributed by atoms with Crippen LogP contribution in [0, 0.1) is 0 Å². The highest BCUT2D eigenvalue weighted by molar-refractivity contribution is 5.73. The molecule has 1 rings (SSSR count). The van der Waals surface area contributed by atoms with E-state index in [9.17, 15) is 0 Å². The van der Waals surface area contributed by atoms with Crippen LogP contribution in [0.1, 0.15) is 13.3 Å². The molecule has 0 aliphatic carbocycles. The van der Waals surface area contributed by atoms with Gasteiger partial charge in [-0.2, -0.15) is 0 Å². The summed E-state index contributed by atoms with van der Waals surface area (Å²) < 4.78 is 0. The van der Waals surface area contributed by atoms with E-state index >= 15 is 0 Å². The largest absolute Gasteiger partial charge is 0.309 e. The Labute approximate surface area is 49.1 Å². The van der Waals surface area contributed by atoms with Gasteiger partial charge in [0.15, 0.2) is 0 Å². The van der Waals surface area contributed by atoms with E-state index in [4.69, 9.17) is 5.73 Å². The van der Waals surface area contributed by atoms with Crippen molar-refractivity contribution in [1.29, 1.82) is 0 Å². The second-order valence-electron chi connectivity index (χ2n) is 2.08. The summed E-state index contributed by atoms with van der Waals surface area (Å²) in [5, 5.41) is 0. The fourth-order valence-corrected chi connectivity index (χ4v) is 0.731. The summed E-state index contributed by atoms with van der Waals surface area (Å²) in [6.07, 6.45) is 4.68. The molecule has 0 amide bonds. The van der Waals surface area contributed by atoms with E-state index in [1.807, 2.05) is 6.08 Å². The quantitative estimate of drug-likeness (QED) is 0.489. The highest BCUT2D eigenvalue weighted by Gasteiger charge is 2.01. The van der Waals surface area contributed by atoms with Crippen LogP contribution in [0.4, 0.5) is 0 Å². The van der Waals surface area contributed by atoms with Crippen LogP contribution in [0.25, 0.3) is 0 Å². The topological polar surface area (TPSA) is 38.4 Å². The number of rotatable bonds is 0. The fourth-order valence-electron chi connectivity index (χ4n) is 0.731. The Balaban J connectivity index is 2.59. The van der Waals surface area contributed by atoms with Crippen LogP contribution in [0.15, 0.2) is 16.6 Å². The molecule has 0 fully saturated rings. The first-order valence-electron chi connectivity index (χ1n) is 2.73. The third-order valence-corrected chi connectivity index (χ3v) is 1.17. The van der Waals surface area contributed by atoms with Gasteiger partial charge in [-0.15, -0.1) is 0 Å². The lowest BCUT2D eigenvalue weighted by molar-refractivity contribution is 0.696. The molecular formula is C6H10N2. The second kappa shape index (κ2) is 2.09. The van der Waals surface area contributed by atoms with Crippen molar-refractivity contribution in [1.82, 2.24) is 0 Å². The Kier molecular flexibility index (Phi) is 1.44. The number of nitrogens with two attached hydrogens (primary N) is 1. The summed E-state index contributed by atoms with van der Waals surface area (Å²) >= 11 is 0. The number of nitrogens with zero attached hydrogens (tertiary/aromatic N) is 1. The Hall–Kier alpha value is -0.630. The van der Waals surface area contributed by atoms with Crippen LogP contribution >= 0.6 is 0 Å². The molecule has 0 spiro atoms. The molecule has 2 nitrogen and oxygen atoms in total. The second-order valence-corrected chi connectivity index (χ2v) is 2.08. The molecule has 1 atom stereocenters. The van der Waals surface area contributed by atoms with E-state index in [1.54, 1.807) is 6.21 Å². The van der Waals surface area contributed by atoms with E-state index in [-0.39, 0.29) is 6.17 Å². The van der Waals surface area contributed by atoms with Crippen molar-refractivity contribution >= 4 is 6.21 Å². The standard InChI is InChI=1S/C6H10N2/c1-5-2-3-8-6(7)4-5/h2-3,6H,4,7H2,1H3. The zero-order valence-corrected chi connectivity index (χ0v) is 4.96. The molecule has 8 heavy (non-hydrogen) atoms. The highest BCUT2D eigenvalue weighted by atomic mass is 14.9. The van der Waals surface area contributed by atoms with Gasteiger partial charge in [0.25, 0.3) is 0 Å². The van der Waals surface area contributed by atoms with Crippen molar-refractivity contribution < 1.29 is 0 Å². The third kappa shape index (κ3) is 1.17. The van der Waals surface area contributed by atoms with Gasteiger partial charge in [0.2, 0.25) is 0 Å². The van der Waals surface area contributed by atoms with Crippen molar-refractivity contribution in [2.75, 3.05) is 0 Å². The van der Waals surface area contributed by atoms with Gasteiger partial charge in [-0.1, -0.05) is 5.57 Å². The molecule has 0 aromatic rings. The van der Waals surface area contributed by atoms with Crippen LogP contribution in [-0.4, -0.2) is 12.4 Å². The first-order valence-corrected chi connectivity index (χ1v) is 2.73. The van der Waals surface area contributed by atoms with Gasteiger partial charge in [-0.05, 0) is 13.0 Å². The van der Waals surface area contributed by atoms with E-state index in [0.717, 1.165) is 6.42 Å². The minimum Gasteiger partial charge on any atom is -0.309 e. The van der Waals surface area contributed by atoms with Crippen molar-refractivity contribution in [2.24, 2.45) is 10.7 Å². The number of aliphatic imine (C=N–C) groups is 1. The summed E-state index contributed by atoms with van der Waals surface area (Å²) in [7, 11) is 0. The molecule has 0 radical (unpaired) electrons. The smallest absolute Gasteiger partial charge is 0.101 e. The van der Waals surface area contributed by atoms with Gasteiger partial charge < -0.3 is 5.73 Å². The molecule has 0 saturated heterocycles. The molecule has 0 aromatic carbocycles. The number of allylic oxidation sites excluding steroid dienone is 1. The lowest BCUT2D eigenvalue weighted by Gasteiger charge is -2.08. The Morgan fingerprint density at radius 3 is 3.00 bits per heavy atom. The third-order valence-electron chi connectivity index (χ3n) is 1.17. The molecule has 1 aliphatic rings. The maximum absolute atomic E-state index is 5.49. The predicted molar refractivity (Wildman–Crippen MR) is 34.8 cm³/mol. The van der Waals surface area contributed by atoms with E-state index in [0.29, 0.717) is 0 Å². The van der Waals surface area contributed by atoms with Crippen LogP contribution in [0.3, 0.4) is 0 Å². The van der Waals surface area contributed by atoms with Crippen molar-refractivity contribution in [3.05, 3.63) is 11.6 Å². The van der Waals surface area contributed by atoms with Crippen molar-refractivity contribution in [3.8, 4) is 0 Å². The van der Waals surface area contributed by atoms with Crippen LogP contribution in [-0.2, 0) is 0 Å². The molecule has 0 aromatic heterocycles. The van der Waals surface area contributed by atoms with Gasteiger partial charge in [-0.25, -0.2) is 0 Å². The van der Waals surface area contributed by atoms with E-state index in [2.05, 4.69) is 11.9 Å². The number of hydrogen-bond donors (Lipinski definition) is 1. The summed E-state index contributed by atoms with van der Waals surface area (Å²) in [4.78, 5) is 3.96. The molecule has 1 unspecified atom stereocenters. The Bertz CT molecular complexity index is 135. The first-order chi connectivity index (χ1) is 3.79. The molecule has 0 saturated carbocycles. The lowest BCUT2D eigenvalue weighted by Crippen LogP contribution is -2.19. The van der Waals surface area contributed by atoms with Crippen LogP contribution < -0.4 is 5.73 Å². The minimum absolute atomic E-state index is 0.0139. The van der Waals surface area contributed by atoms with Gasteiger partial charge >= 0.3 is 0 Å². The molecule has 1 aliphatic heterocycles. The summed E-state index contributed by atoms with van der Waals surface area (Å²) in [5.41, 5.74) is 6.80. The van der Waals surface area contributed by atoms with Gasteiger partial charge in [0, 0.05) is 12.6 Å². The average molecular weight is 110 g/mol. The summed E-state index contributed by atoms with van der Waals surface area (Å²) in [6.45, 7) is 2.06. The molecule has 1 heterocycles. The monoisotopic (exact) mass is 110 g/mol. The van der Waals surface area contributed by atoms with Crippen molar-refractivity contribution in [3.63, 3.8) is 0 Å². The van der Waals surface area contributed by atoms with Gasteiger partial charge in [0.05, 0.1) is 0 Å². The maximum Gasteiger partial charge on any atom is 0.101 e. The predicted octanol–water partition coefficient (Wildman–Crippen LogP) is 0.692. The van der Waals surface area contributed by atoms with Crippen molar-refractivity contribution in [2.45, 2.75) is 19.5 Å². The Morgan fingerprint density at radius 2 is 2.62 bits per heavy atom. The zero-order chi connectivity index (χ0) is 5.98. The van der Waals surface area contributed by atoms with E-state index in [1.165, 1.54) is 5.57 Å². The van der Waals surface area contributed by atoms with Crippen LogP contribution in [0.5, 0.6) is 0 Å². The first kappa shape index (κ1) is 5.51. The molecule has 2 N–H and O–H groups in total. The average Bonchev–Trinajstić information content (AvgIpc) is 1.64. The SMILES string of the molecule is CC1=CC=NC(N)C1. The number of dihydropyridines is 1. The zero-order valence-electron chi connectivity index (χ0n) is 4.96. The maximum atomic E-state index is 5.49.